The predicted molar refractivity (Wildman–Crippen MR) is 71.9 cm³/mol. The molecule has 0 bridgehead atoms. The van der Waals surface area contributed by atoms with Crippen molar-refractivity contribution in [2.24, 2.45) is 0 Å². The van der Waals surface area contributed by atoms with Crippen LogP contribution in [0.3, 0.4) is 0 Å². The third-order valence-electron chi connectivity index (χ3n) is 3.58. The van der Waals surface area contributed by atoms with Gasteiger partial charge in [-0.2, -0.15) is 13.2 Å². The number of halogens is 4. The summed E-state index contributed by atoms with van der Waals surface area (Å²) in [7, 11) is 0. The van der Waals surface area contributed by atoms with Crippen molar-refractivity contribution in [2.75, 3.05) is 0 Å². The Labute approximate surface area is 124 Å². The summed E-state index contributed by atoms with van der Waals surface area (Å²) in [6.45, 7) is 0.581. The van der Waals surface area contributed by atoms with Gasteiger partial charge in [-0.05, 0) is 25.0 Å². The number of hydrogen-bond donors (Lipinski definition) is 1. The lowest BCUT2D eigenvalue weighted by Gasteiger charge is -2.21. The number of aliphatic hydroxyl groups is 1. The Morgan fingerprint density at radius 2 is 2.10 bits per heavy atom. The van der Waals surface area contributed by atoms with Crippen LogP contribution in [0.4, 0.5) is 13.2 Å². The number of nitrogens with zero attached hydrogens (tertiary/aromatic N) is 2. The van der Waals surface area contributed by atoms with Crippen LogP contribution < -0.4 is 0 Å². The molecule has 0 spiro atoms. The Hall–Kier alpha value is -1.53. The summed E-state index contributed by atoms with van der Waals surface area (Å²) in [4.78, 5) is 4.14. The first-order valence-corrected chi connectivity index (χ1v) is 6.87. The summed E-state index contributed by atoms with van der Waals surface area (Å²) in [5.74, 6) is 0.361. The quantitative estimate of drug-likeness (QED) is 0.862. The summed E-state index contributed by atoms with van der Waals surface area (Å²) in [5.41, 5.74) is 0.0900. The third kappa shape index (κ3) is 2.53. The van der Waals surface area contributed by atoms with Crippen LogP contribution in [0.5, 0.6) is 0 Å². The lowest BCUT2D eigenvalue weighted by molar-refractivity contribution is -0.137. The van der Waals surface area contributed by atoms with Gasteiger partial charge in [0, 0.05) is 12.1 Å². The molecule has 21 heavy (non-hydrogen) atoms. The number of aromatic nitrogens is 2. The highest BCUT2D eigenvalue weighted by atomic mass is 35.5. The van der Waals surface area contributed by atoms with E-state index in [4.69, 9.17) is 11.6 Å². The van der Waals surface area contributed by atoms with Crippen LogP contribution in [0.1, 0.15) is 30.2 Å². The van der Waals surface area contributed by atoms with Crippen molar-refractivity contribution in [1.82, 2.24) is 9.55 Å². The molecule has 2 heterocycles. The minimum atomic E-state index is -4.41. The minimum absolute atomic E-state index is 0.148. The highest BCUT2D eigenvalue weighted by molar-refractivity contribution is 6.30. The van der Waals surface area contributed by atoms with Crippen molar-refractivity contribution in [3.05, 3.63) is 40.7 Å². The number of alkyl halides is 3. The van der Waals surface area contributed by atoms with Crippen molar-refractivity contribution in [2.45, 2.75) is 31.7 Å². The Morgan fingerprint density at radius 3 is 2.81 bits per heavy atom. The molecule has 112 valence electrons. The highest BCUT2D eigenvalue weighted by Gasteiger charge is 2.31. The average Bonchev–Trinajstić information content (AvgIpc) is 2.77. The maximum absolute atomic E-state index is 12.8. The van der Waals surface area contributed by atoms with Crippen LogP contribution in [-0.2, 0) is 12.7 Å². The number of fused-ring (bicyclic) bond motifs is 1. The second-order valence-electron chi connectivity index (χ2n) is 5.00. The van der Waals surface area contributed by atoms with Crippen molar-refractivity contribution < 1.29 is 18.3 Å². The molecule has 3 nitrogen and oxygen atoms in total. The zero-order valence-electron chi connectivity index (χ0n) is 10.9. The zero-order chi connectivity index (χ0) is 15.2. The summed E-state index contributed by atoms with van der Waals surface area (Å²) in [6, 6.07) is 4.96. The molecule has 1 unspecified atom stereocenters. The van der Waals surface area contributed by atoms with E-state index in [2.05, 4.69) is 4.98 Å². The molecule has 0 aliphatic carbocycles. The van der Waals surface area contributed by atoms with Crippen LogP contribution in [0.25, 0.3) is 11.4 Å². The molecular weight excluding hydrogens is 305 g/mol. The number of imidazole rings is 1. The molecule has 1 aliphatic heterocycles. The maximum atomic E-state index is 12.8. The Balaban J connectivity index is 2.12. The molecule has 1 atom stereocenters. The van der Waals surface area contributed by atoms with E-state index in [1.54, 1.807) is 10.6 Å². The summed E-state index contributed by atoms with van der Waals surface area (Å²) >= 11 is 6.02. The predicted octanol–water partition coefficient (Wildman–Crippen LogP) is 4.05. The van der Waals surface area contributed by atoms with Gasteiger partial charge in [-0.25, -0.2) is 4.98 Å². The number of benzene rings is 1. The summed E-state index contributed by atoms with van der Waals surface area (Å²) < 4.78 is 40.1. The molecule has 0 amide bonds. The van der Waals surface area contributed by atoms with Crippen molar-refractivity contribution in [3.63, 3.8) is 0 Å². The monoisotopic (exact) mass is 316 g/mol. The van der Waals surface area contributed by atoms with Crippen molar-refractivity contribution >= 4 is 11.6 Å². The Morgan fingerprint density at radius 1 is 1.33 bits per heavy atom. The molecular formula is C14H12ClF3N2O. The van der Waals surface area contributed by atoms with Gasteiger partial charge in [0.05, 0.1) is 17.4 Å². The minimum Gasteiger partial charge on any atom is -0.387 e. The van der Waals surface area contributed by atoms with E-state index in [9.17, 15) is 18.3 Å². The van der Waals surface area contributed by atoms with E-state index in [0.717, 1.165) is 18.6 Å². The van der Waals surface area contributed by atoms with E-state index in [1.807, 2.05) is 0 Å². The topological polar surface area (TPSA) is 38.0 Å². The van der Waals surface area contributed by atoms with Gasteiger partial charge in [-0.1, -0.05) is 23.7 Å². The van der Waals surface area contributed by atoms with Gasteiger partial charge >= 0.3 is 6.18 Å². The van der Waals surface area contributed by atoms with Gasteiger partial charge in [-0.15, -0.1) is 0 Å². The molecule has 3 rings (SSSR count). The van der Waals surface area contributed by atoms with Gasteiger partial charge in [0.25, 0.3) is 0 Å². The number of aliphatic hydroxyl groups excluding tert-OH is 1. The van der Waals surface area contributed by atoms with Crippen LogP contribution in [0, 0.1) is 0 Å². The lowest BCUT2D eigenvalue weighted by Crippen LogP contribution is -2.16. The van der Waals surface area contributed by atoms with Crippen LogP contribution in [-0.4, -0.2) is 14.7 Å². The van der Waals surface area contributed by atoms with Crippen molar-refractivity contribution in [1.29, 1.82) is 0 Å². The molecule has 0 radical (unpaired) electrons. The van der Waals surface area contributed by atoms with E-state index >= 15 is 0 Å². The van der Waals surface area contributed by atoms with Gasteiger partial charge in [0.15, 0.2) is 5.15 Å². The van der Waals surface area contributed by atoms with Gasteiger partial charge < -0.3 is 9.67 Å². The van der Waals surface area contributed by atoms with Crippen molar-refractivity contribution in [3.8, 4) is 11.4 Å². The normalized spacial score (nSPS) is 18.6. The molecule has 7 heteroatoms. The Kier molecular flexibility index (Phi) is 3.45. The molecule has 1 N–H and O–H groups in total. The first kappa shape index (κ1) is 14.4. The van der Waals surface area contributed by atoms with Crippen LogP contribution in [0.2, 0.25) is 5.15 Å². The first-order valence-electron chi connectivity index (χ1n) is 6.49. The molecule has 0 saturated heterocycles. The molecule has 0 fully saturated rings. The van der Waals surface area contributed by atoms with Crippen LogP contribution in [0.15, 0.2) is 24.3 Å². The van der Waals surface area contributed by atoms with E-state index in [-0.39, 0.29) is 5.15 Å². The lowest BCUT2D eigenvalue weighted by atomic mass is 10.1. The Bertz CT molecular complexity index is 681. The van der Waals surface area contributed by atoms with Gasteiger partial charge in [0.2, 0.25) is 0 Å². The fourth-order valence-corrected chi connectivity index (χ4v) is 2.92. The smallest absolute Gasteiger partial charge is 0.387 e. The molecule has 1 aromatic heterocycles. The number of hydrogen-bond acceptors (Lipinski definition) is 2. The molecule has 1 aromatic carbocycles. The molecule has 1 aliphatic rings. The fourth-order valence-electron chi connectivity index (χ4n) is 2.61. The summed E-state index contributed by atoms with van der Waals surface area (Å²) in [6.07, 6.45) is -3.82. The standard InChI is InChI=1S/C14H12ClF3N2O/c15-12-11-10(21)5-2-6-20(11)13(19-12)8-3-1-4-9(7-8)14(16,17)18/h1,3-4,7,10,21H,2,5-6H2. The second-order valence-corrected chi connectivity index (χ2v) is 5.36. The highest BCUT2D eigenvalue weighted by Crippen LogP contribution is 2.37. The van der Waals surface area contributed by atoms with E-state index in [1.165, 1.54) is 6.07 Å². The van der Waals surface area contributed by atoms with E-state index < -0.39 is 17.8 Å². The molecule has 2 aromatic rings. The van der Waals surface area contributed by atoms with Gasteiger partial charge in [-0.3, -0.25) is 0 Å². The maximum Gasteiger partial charge on any atom is 0.416 e. The van der Waals surface area contributed by atoms with E-state index in [0.29, 0.717) is 30.0 Å². The fraction of sp³-hybridized carbons (Fsp3) is 0.357. The van der Waals surface area contributed by atoms with Crippen LogP contribution >= 0.6 is 11.6 Å². The number of rotatable bonds is 1. The summed E-state index contributed by atoms with van der Waals surface area (Å²) in [5, 5.41) is 10.1. The molecule has 0 saturated carbocycles. The zero-order valence-corrected chi connectivity index (χ0v) is 11.6. The SMILES string of the molecule is OC1CCCn2c(-c3cccc(C(F)(F)F)c3)nc(Cl)c21. The average molecular weight is 317 g/mol. The van der Waals surface area contributed by atoms with Gasteiger partial charge in [0.1, 0.15) is 5.82 Å². The second kappa shape index (κ2) is 5.03. The third-order valence-corrected chi connectivity index (χ3v) is 3.86. The largest absolute Gasteiger partial charge is 0.416 e. The first-order chi connectivity index (χ1) is 9.88.